The van der Waals surface area contributed by atoms with Crippen molar-refractivity contribution in [2.45, 2.75) is 26.4 Å². The standard InChI is InChI=1S/C15H23NO3/c1-4-19-15(17)14(12(2)11-18-3)16-10-13-8-6-5-7-9-13/h5-9,12,14,16H,4,10-11H2,1-3H3. The van der Waals surface area contributed by atoms with Crippen molar-refractivity contribution in [3.8, 4) is 0 Å². The van der Waals surface area contributed by atoms with Crippen LogP contribution in [-0.4, -0.2) is 32.3 Å². The summed E-state index contributed by atoms with van der Waals surface area (Å²) in [6, 6.07) is 9.64. The van der Waals surface area contributed by atoms with Gasteiger partial charge in [-0.1, -0.05) is 37.3 Å². The fourth-order valence-electron chi connectivity index (χ4n) is 1.93. The molecule has 4 nitrogen and oxygen atoms in total. The topological polar surface area (TPSA) is 47.6 Å². The third-order valence-electron chi connectivity index (χ3n) is 2.91. The first-order chi connectivity index (χ1) is 9.19. The average molecular weight is 265 g/mol. The zero-order valence-electron chi connectivity index (χ0n) is 11.9. The Hall–Kier alpha value is -1.39. The molecule has 0 saturated heterocycles. The molecular weight excluding hydrogens is 242 g/mol. The smallest absolute Gasteiger partial charge is 0.323 e. The van der Waals surface area contributed by atoms with E-state index in [0.717, 1.165) is 5.56 Å². The summed E-state index contributed by atoms with van der Waals surface area (Å²) in [5.74, 6) is -0.157. The predicted molar refractivity (Wildman–Crippen MR) is 74.7 cm³/mol. The Morgan fingerprint density at radius 1 is 1.32 bits per heavy atom. The molecule has 0 spiro atoms. The highest BCUT2D eigenvalue weighted by molar-refractivity contribution is 5.76. The van der Waals surface area contributed by atoms with Gasteiger partial charge in [-0.05, 0) is 12.5 Å². The van der Waals surface area contributed by atoms with Crippen LogP contribution in [-0.2, 0) is 20.8 Å². The minimum absolute atomic E-state index is 0.0627. The van der Waals surface area contributed by atoms with Crippen LogP contribution in [0.15, 0.2) is 30.3 Å². The molecule has 0 aliphatic rings. The molecule has 2 unspecified atom stereocenters. The number of hydrogen-bond donors (Lipinski definition) is 1. The highest BCUT2D eigenvalue weighted by Gasteiger charge is 2.25. The molecule has 1 aromatic carbocycles. The first-order valence-corrected chi connectivity index (χ1v) is 6.62. The molecule has 0 aliphatic carbocycles. The summed E-state index contributed by atoms with van der Waals surface area (Å²) in [7, 11) is 1.63. The summed E-state index contributed by atoms with van der Waals surface area (Å²) in [6.07, 6.45) is 0. The second kappa shape index (κ2) is 8.67. The maximum absolute atomic E-state index is 11.9. The van der Waals surface area contributed by atoms with Crippen LogP contribution in [0, 0.1) is 5.92 Å². The fraction of sp³-hybridized carbons (Fsp3) is 0.533. The number of carbonyl (C=O) groups excluding carboxylic acids is 1. The van der Waals surface area contributed by atoms with Crippen LogP contribution < -0.4 is 5.32 Å². The van der Waals surface area contributed by atoms with Gasteiger partial charge in [0.05, 0.1) is 13.2 Å². The Kier molecular flexibility index (Phi) is 7.15. The second-order valence-corrected chi connectivity index (χ2v) is 4.53. The summed E-state index contributed by atoms with van der Waals surface area (Å²) >= 11 is 0. The lowest BCUT2D eigenvalue weighted by Crippen LogP contribution is -2.44. The van der Waals surface area contributed by atoms with Crippen molar-refractivity contribution in [2.24, 2.45) is 5.92 Å². The van der Waals surface area contributed by atoms with Gasteiger partial charge in [-0.25, -0.2) is 0 Å². The van der Waals surface area contributed by atoms with Gasteiger partial charge >= 0.3 is 5.97 Å². The SMILES string of the molecule is CCOC(=O)C(NCc1ccccc1)C(C)COC. The van der Waals surface area contributed by atoms with Crippen molar-refractivity contribution in [2.75, 3.05) is 20.3 Å². The van der Waals surface area contributed by atoms with E-state index in [4.69, 9.17) is 9.47 Å². The van der Waals surface area contributed by atoms with Crippen LogP contribution in [0.3, 0.4) is 0 Å². The highest BCUT2D eigenvalue weighted by Crippen LogP contribution is 2.08. The van der Waals surface area contributed by atoms with Crippen LogP contribution >= 0.6 is 0 Å². The predicted octanol–water partition coefficient (Wildman–Crippen LogP) is 1.99. The monoisotopic (exact) mass is 265 g/mol. The van der Waals surface area contributed by atoms with Crippen LogP contribution in [0.4, 0.5) is 0 Å². The minimum Gasteiger partial charge on any atom is -0.465 e. The number of carbonyl (C=O) groups is 1. The van der Waals surface area contributed by atoms with Crippen LogP contribution in [0.25, 0.3) is 0 Å². The molecule has 106 valence electrons. The van der Waals surface area contributed by atoms with Gasteiger partial charge in [-0.2, -0.15) is 0 Å². The zero-order valence-corrected chi connectivity index (χ0v) is 11.9. The quantitative estimate of drug-likeness (QED) is 0.730. The molecule has 0 radical (unpaired) electrons. The lowest BCUT2D eigenvalue weighted by Gasteiger charge is -2.23. The molecular formula is C15H23NO3. The molecule has 19 heavy (non-hydrogen) atoms. The van der Waals surface area contributed by atoms with E-state index >= 15 is 0 Å². The molecule has 2 atom stereocenters. The van der Waals surface area contributed by atoms with E-state index in [1.54, 1.807) is 7.11 Å². The van der Waals surface area contributed by atoms with Gasteiger partial charge in [0.2, 0.25) is 0 Å². The number of benzene rings is 1. The summed E-state index contributed by atoms with van der Waals surface area (Å²) in [5.41, 5.74) is 1.14. The van der Waals surface area contributed by atoms with Crippen molar-refractivity contribution in [3.05, 3.63) is 35.9 Å². The Balaban J connectivity index is 2.60. The summed E-state index contributed by atoms with van der Waals surface area (Å²) in [5, 5.41) is 3.25. The maximum Gasteiger partial charge on any atom is 0.323 e. The van der Waals surface area contributed by atoms with E-state index in [2.05, 4.69) is 5.32 Å². The number of rotatable bonds is 8. The fourth-order valence-corrected chi connectivity index (χ4v) is 1.93. The summed E-state index contributed by atoms with van der Waals surface area (Å²) < 4.78 is 10.2. The largest absolute Gasteiger partial charge is 0.465 e. The zero-order chi connectivity index (χ0) is 14.1. The highest BCUT2D eigenvalue weighted by atomic mass is 16.5. The molecule has 1 N–H and O–H groups in total. The van der Waals surface area contributed by atoms with Gasteiger partial charge in [-0.15, -0.1) is 0 Å². The van der Waals surface area contributed by atoms with Gasteiger partial charge in [0, 0.05) is 19.6 Å². The maximum atomic E-state index is 11.9. The molecule has 0 aliphatic heterocycles. The van der Waals surface area contributed by atoms with E-state index < -0.39 is 0 Å². The van der Waals surface area contributed by atoms with Crippen molar-refractivity contribution < 1.29 is 14.3 Å². The van der Waals surface area contributed by atoms with Gasteiger partial charge < -0.3 is 9.47 Å². The van der Waals surface area contributed by atoms with E-state index in [-0.39, 0.29) is 17.9 Å². The van der Waals surface area contributed by atoms with Crippen molar-refractivity contribution in [1.29, 1.82) is 0 Å². The number of nitrogens with one attached hydrogen (secondary N) is 1. The first-order valence-electron chi connectivity index (χ1n) is 6.62. The normalized spacial score (nSPS) is 13.8. The lowest BCUT2D eigenvalue weighted by atomic mass is 10.0. The minimum atomic E-state index is -0.347. The van der Waals surface area contributed by atoms with Gasteiger partial charge in [0.25, 0.3) is 0 Å². The van der Waals surface area contributed by atoms with E-state index in [1.807, 2.05) is 44.2 Å². The molecule has 1 aromatic rings. The molecule has 0 amide bonds. The Bertz CT molecular complexity index is 367. The van der Waals surface area contributed by atoms with Crippen LogP contribution in [0.5, 0.6) is 0 Å². The summed E-state index contributed by atoms with van der Waals surface area (Å²) in [6.45, 7) is 5.34. The number of ether oxygens (including phenoxy) is 2. The van der Waals surface area contributed by atoms with E-state index in [9.17, 15) is 4.79 Å². The van der Waals surface area contributed by atoms with Crippen LogP contribution in [0.1, 0.15) is 19.4 Å². The Labute approximate surface area is 115 Å². The van der Waals surface area contributed by atoms with Gasteiger partial charge in [-0.3, -0.25) is 10.1 Å². The van der Waals surface area contributed by atoms with E-state index in [0.29, 0.717) is 19.8 Å². The van der Waals surface area contributed by atoms with Gasteiger partial charge in [0.1, 0.15) is 6.04 Å². The van der Waals surface area contributed by atoms with Crippen molar-refractivity contribution in [1.82, 2.24) is 5.32 Å². The number of methoxy groups -OCH3 is 1. The Morgan fingerprint density at radius 3 is 2.58 bits per heavy atom. The number of hydrogen-bond acceptors (Lipinski definition) is 4. The van der Waals surface area contributed by atoms with Gasteiger partial charge in [0.15, 0.2) is 0 Å². The van der Waals surface area contributed by atoms with Crippen molar-refractivity contribution in [3.63, 3.8) is 0 Å². The van der Waals surface area contributed by atoms with Crippen LogP contribution in [0.2, 0.25) is 0 Å². The Morgan fingerprint density at radius 2 is 2.00 bits per heavy atom. The molecule has 0 saturated carbocycles. The number of esters is 1. The summed E-state index contributed by atoms with van der Waals surface area (Å²) in [4.78, 5) is 11.9. The molecule has 0 aromatic heterocycles. The average Bonchev–Trinajstić information content (AvgIpc) is 2.41. The molecule has 0 heterocycles. The van der Waals surface area contributed by atoms with Crippen molar-refractivity contribution >= 4 is 5.97 Å². The lowest BCUT2D eigenvalue weighted by molar-refractivity contribution is -0.147. The third kappa shape index (κ3) is 5.41. The molecule has 0 fully saturated rings. The molecule has 4 heteroatoms. The third-order valence-corrected chi connectivity index (χ3v) is 2.91. The van der Waals surface area contributed by atoms with E-state index in [1.165, 1.54) is 0 Å². The molecule has 0 bridgehead atoms. The molecule has 1 rings (SSSR count). The first kappa shape index (κ1) is 15.7. The second-order valence-electron chi connectivity index (χ2n) is 4.53.